The lowest BCUT2D eigenvalue weighted by molar-refractivity contribution is 0.251. The zero-order valence-corrected chi connectivity index (χ0v) is 12.6. The first-order valence-electron chi connectivity index (χ1n) is 8.32. The van der Waals surface area contributed by atoms with Gasteiger partial charge in [0.15, 0.2) is 0 Å². The molecule has 1 unspecified atom stereocenters. The highest BCUT2D eigenvalue weighted by Crippen LogP contribution is 2.33. The number of nitrogens with zero attached hydrogens (tertiary/aromatic N) is 1. The van der Waals surface area contributed by atoms with Gasteiger partial charge in [-0.2, -0.15) is 0 Å². The van der Waals surface area contributed by atoms with Crippen LogP contribution in [0.3, 0.4) is 0 Å². The molecule has 1 saturated carbocycles. The van der Waals surface area contributed by atoms with Crippen LogP contribution in [-0.4, -0.2) is 30.6 Å². The lowest BCUT2D eigenvalue weighted by Gasteiger charge is -2.25. The van der Waals surface area contributed by atoms with Crippen LogP contribution in [0, 0.1) is 5.92 Å². The average molecular weight is 280 g/mol. The summed E-state index contributed by atoms with van der Waals surface area (Å²) in [6, 6.07) is 16.2. The lowest BCUT2D eigenvalue weighted by Crippen LogP contribution is -2.38. The Kier molecular flexibility index (Phi) is 3.66. The Bertz CT molecular complexity index is 612. The molecule has 2 fully saturated rings. The Hall–Kier alpha value is -1.38. The third-order valence-electron chi connectivity index (χ3n) is 4.98. The zero-order valence-electron chi connectivity index (χ0n) is 12.6. The van der Waals surface area contributed by atoms with E-state index in [0.29, 0.717) is 0 Å². The van der Waals surface area contributed by atoms with E-state index in [1.54, 1.807) is 0 Å². The van der Waals surface area contributed by atoms with E-state index in [9.17, 15) is 0 Å². The van der Waals surface area contributed by atoms with Crippen molar-refractivity contribution in [3.8, 4) is 0 Å². The smallest absolute Gasteiger partial charge is 0.0240 e. The van der Waals surface area contributed by atoms with Crippen LogP contribution >= 0.6 is 0 Å². The van der Waals surface area contributed by atoms with Gasteiger partial charge in [-0.25, -0.2) is 0 Å². The van der Waals surface area contributed by atoms with Crippen LogP contribution in [0.4, 0.5) is 0 Å². The monoisotopic (exact) mass is 280 g/mol. The summed E-state index contributed by atoms with van der Waals surface area (Å²) in [6.07, 6.45) is 4.13. The van der Waals surface area contributed by atoms with E-state index in [1.165, 1.54) is 55.2 Å². The second-order valence-corrected chi connectivity index (χ2v) is 6.62. The highest BCUT2D eigenvalue weighted by atomic mass is 15.2. The molecule has 110 valence electrons. The number of nitrogens with one attached hydrogen (secondary N) is 1. The molecule has 1 N–H and O–H groups in total. The topological polar surface area (TPSA) is 15.3 Å². The van der Waals surface area contributed by atoms with Crippen molar-refractivity contribution in [1.82, 2.24) is 10.2 Å². The summed E-state index contributed by atoms with van der Waals surface area (Å²) >= 11 is 0. The minimum absolute atomic E-state index is 0.725. The van der Waals surface area contributed by atoms with Crippen LogP contribution in [0.1, 0.15) is 24.8 Å². The maximum Gasteiger partial charge on any atom is 0.0240 e. The van der Waals surface area contributed by atoms with Gasteiger partial charge in [-0.15, -0.1) is 0 Å². The summed E-state index contributed by atoms with van der Waals surface area (Å²) in [4.78, 5) is 2.66. The second kappa shape index (κ2) is 5.78. The fourth-order valence-corrected chi connectivity index (χ4v) is 3.65. The summed E-state index contributed by atoms with van der Waals surface area (Å²) in [5.41, 5.74) is 1.48. The van der Waals surface area contributed by atoms with Gasteiger partial charge in [-0.3, -0.25) is 4.90 Å². The molecule has 1 saturated heterocycles. The third-order valence-corrected chi connectivity index (χ3v) is 4.98. The minimum atomic E-state index is 0.725. The highest BCUT2D eigenvalue weighted by molar-refractivity contribution is 5.85. The molecule has 1 atom stereocenters. The standard InChI is InChI=1S/C19H24N2/c1-2-8-18-15(5-1)6-3-7-17(18)13-21-12-4-11-20-19(14-21)16-9-10-16/h1-3,5-8,16,19-20H,4,9-14H2. The summed E-state index contributed by atoms with van der Waals surface area (Å²) in [5, 5.41) is 6.53. The van der Waals surface area contributed by atoms with Gasteiger partial charge in [0.2, 0.25) is 0 Å². The first-order chi connectivity index (χ1) is 10.4. The molecule has 21 heavy (non-hydrogen) atoms. The van der Waals surface area contributed by atoms with Gasteiger partial charge in [-0.05, 0) is 54.6 Å². The molecule has 2 aromatic rings. The molecule has 0 radical (unpaired) electrons. The fraction of sp³-hybridized carbons (Fsp3) is 0.474. The van der Waals surface area contributed by atoms with E-state index in [0.717, 1.165) is 18.5 Å². The van der Waals surface area contributed by atoms with Crippen LogP contribution in [0.5, 0.6) is 0 Å². The zero-order chi connectivity index (χ0) is 14.1. The van der Waals surface area contributed by atoms with Crippen molar-refractivity contribution in [2.75, 3.05) is 19.6 Å². The Labute approximate surface area is 127 Å². The summed E-state index contributed by atoms with van der Waals surface area (Å²) in [7, 11) is 0. The molecule has 0 bridgehead atoms. The molecule has 0 aromatic heterocycles. The number of rotatable bonds is 3. The lowest BCUT2D eigenvalue weighted by atomic mass is 10.0. The van der Waals surface area contributed by atoms with Crippen LogP contribution in [0.2, 0.25) is 0 Å². The van der Waals surface area contributed by atoms with E-state index in [-0.39, 0.29) is 0 Å². The average Bonchev–Trinajstić information content (AvgIpc) is 3.35. The summed E-state index contributed by atoms with van der Waals surface area (Å²) in [5.74, 6) is 0.943. The third kappa shape index (κ3) is 2.97. The molecule has 4 rings (SSSR count). The van der Waals surface area contributed by atoms with Crippen LogP contribution in [0.15, 0.2) is 42.5 Å². The summed E-state index contributed by atoms with van der Waals surface area (Å²) in [6.45, 7) is 4.72. The fourth-order valence-electron chi connectivity index (χ4n) is 3.65. The van der Waals surface area contributed by atoms with Crippen LogP contribution in [-0.2, 0) is 6.54 Å². The Balaban J connectivity index is 1.55. The molecular weight excluding hydrogens is 256 g/mol. The van der Waals surface area contributed by atoms with Gasteiger partial charge in [-0.1, -0.05) is 42.5 Å². The van der Waals surface area contributed by atoms with Gasteiger partial charge in [0.25, 0.3) is 0 Å². The first kappa shape index (κ1) is 13.3. The molecular formula is C19H24N2. The number of hydrogen-bond acceptors (Lipinski definition) is 2. The van der Waals surface area contributed by atoms with Crippen molar-refractivity contribution in [2.45, 2.75) is 31.8 Å². The molecule has 0 amide bonds. The van der Waals surface area contributed by atoms with Crippen molar-refractivity contribution < 1.29 is 0 Å². The molecule has 2 heteroatoms. The predicted octanol–water partition coefficient (Wildman–Crippen LogP) is 3.41. The quantitative estimate of drug-likeness (QED) is 0.927. The molecule has 2 aromatic carbocycles. The molecule has 1 heterocycles. The predicted molar refractivity (Wildman–Crippen MR) is 88.4 cm³/mol. The van der Waals surface area contributed by atoms with E-state index in [1.807, 2.05) is 0 Å². The van der Waals surface area contributed by atoms with E-state index >= 15 is 0 Å². The number of hydrogen-bond donors (Lipinski definition) is 1. The second-order valence-electron chi connectivity index (χ2n) is 6.62. The van der Waals surface area contributed by atoms with Gasteiger partial charge in [0, 0.05) is 19.1 Å². The number of benzene rings is 2. The molecule has 1 aliphatic carbocycles. The number of fused-ring (bicyclic) bond motifs is 1. The molecule has 1 aliphatic heterocycles. The Morgan fingerprint density at radius 1 is 1.05 bits per heavy atom. The van der Waals surface area contributed by atoms with Gasteiger partial charge in [0.05, 0.1) is 0 Å². The molecule has 2 aliphatic rings. The van der Waals surface area contributed by atoms with Gasteiger partial charge in [0.1, 0.15) is 0 Å². The summed E-state index contributed by atoms with van der Waals surface area (Å²) < 4.78 is 0. The van der Waals surface area contributed by atoms with E-state index in [4.69, 9.17) is 0 Å². The Morgan fingerprint density at radius 2 is 1.90 bits per heavy atom. The van der Waals surface area contributed by atoms with Crippen molar-refractivity contribution in [3.63, 3.8) is 0 Å². The molecule has 0 spiro atoms. The Morgan fingerprint density at radius 3 is 2.81 bits per heavy atom. The van der Waals surface area contributed by atoms with E-state index < -0.39 is 0 Å². The minimum Gasteiger partial charge on any atom is -0.312 e. The maximum absolute atomic E-state index is 3.75. The van der Waals surface area contributed by atoms with Crippen LogP contribution < -0.4 is 5.32 Å². The molecule has 2 nitrogen and oxygen atoms in total. The SMILES string of the molecule is c1ccc2c(CN3CCCNC(C4CC4)C3)cccc2c1. The van der Waals surface area contributed by atoms with Gasteiger partial charge >= 0.3 is 0 Å². The largest absolute Gasteiger partial charge is 0.312 e. The van der Waals surface area contributed by atoms with Crippen molar-refractivity contribution in [2.24, 2.45) is 5.92 Å². The maximum atomic E-state index is 3.75. The highest BCUT2D eigenvalue weighted by Gasteiger charge is 2.33. The van der Waals surface area contributed by atoms with Crippen LogP contribution in [0.25, 0.3) is 10.8 Å². The first-order valence-corrected chi connectivity index (χ1v) is 8.32. The van der Waals surface area contributed by atoms with Crippen molar-refractivity contribution >= 4 is 10.8 Å². The van der Waals surface area contributed by atoms with Gasteiger partial charge < -0.3 is 5.32 Å². The normalized spacial score (nSPS) is 24.1. The van der Waals surface area contributed by atoms with Crippen molar-refractivity contribution in [1.29, 1.82) is 0 Å². The van der Waals surface area contributed by atoms with Crippen molar-refractivity contribution in [3.05, 3.63) is 48.0 Å². The van der Waals surface area contributed by atoms with E-state index in [2.05, 4.69) is 52.7 Å².